The van der Waals surface area contributed by atoms with Crippen LogP contribution in [-0.2, 0) is 4.74 Å². The molecule has 0 aliphatic heterocycles. The number of nitrogens with one attached hydrogen (secondary N) is 1. The summed E-state index contributed by atoms with van der Waals surface area (Å²) in [5.41, 5.74) is 2.59. The molecule has 1 aromatic rings. The smallest absolute Gasteiger partial charge is 0.0899 e. The van der Waals surface area contributed by atoms with E-state index in [1.54, 1.807) is 7.11 Å². The Bertz CT molecular complexity index is 367. The Morgan fingerprint density at radius 3 is 2.50 bits per heavy atom. The number of aryl methyl sites for hydroxylation is 1. The molecular formula is C16H28N2O2. The molecule has 114 valence electrons. The highest BCUT2D eigenvalue weighted by Gasteiger charge is 2.12. The first kappa shape index (κ1) is 17.1. The van der Waals surface area contributed by atoms with Gasteiger partial charge in [-0.05, 0) is 39.5 Å². The van der Waals surface area contributed by atoms with Crippen LogP contribution in [0, 0.1) is 6.92 Å². The standard InChI is InChI=1S/C16H28N2O2/c1-13-5-7-14(8-6-13)16(17-2)9-10-18(3)11-15(19)12-20-4/h5-8,15-17,19H,9-12H2,1-4H3. The number of benzene rings is 1. The van der Waals surface area contributed by atoms with Gasteiger partial charge in [0.2, 0.25) is 0 Å². The Kier molecular flexibility index (Phi) is 7.77. The van der Waals surface area contributed by atoms with Gasteiger partial charge in [-0.15, -0.1) is 0 Å². The van der Waals surface area contributed by atoms with Crippen LogP contribution in [0.25, 0.3) is 0 Å². The summed E-state index contributed by atoms with van der Waals surface area (Å²) >= 11 is 0. The van der Waals surface area contributed by atoms with Crippen LogP contribution in [0.3, 0.4) is 0 Å². The van der Waals surface area contributed by atoms with Gasteiger partial charge in [0, 0.05) is 19.7 Å². The van der Waals surface area contributed by atoms with E-state index in [0.29, 0.717) is 19.2 Å². The van der Waals surface area contributed by atoms with E-state index in [1.165, 1.54) is 11.1 Å². The van der Waals surface area contributed by atoms with Crippen molar-refractivity contribution in [3.05, 3.63) is 35.4 Å². The Hall–Kier alpha value is -0.940. The topological polar surface area (TPSA) is 44.7 Å². The zero-order valence-electron chi connectivity index (χ0n) is 13.1. The molecule has 0 saturated heterocycles. The first-order valence-corrected chi connectivity index (χ1v) is 7.16. The molecule has 0 fully saturated rings. The number of likely N-dealkylation sites (N-methyl/N-ethyl adjacent to an activating group) is 1. The third-order valence-electron chi connectivity index (χ3n) is 3.51. The molecule has 2 atom stereocenters. The van der Waals surface area contributed by atoms with Crippen molar-refractivity contribution in [2.45, 2.75) is 25.5 Å². The monoisotopic (exact) mass is 280 g/mol. The predicted octanol–water partition coefficient (Wildman–Crippen LogP) is 1.58. The lowest BCUT2D eigenvalue weighted by Crippen LogP contribution is -2.34. The van der Waals surface area contributed by atoms with Crippen LogP contribution in [0.15, 0.2) is 24.3 Å². The van der Waals surface area contributed by atoms with Crippen LogP contribution in [0.4, 0.5) is 0 Å². The third kappa shape index (κ3) is 6.01. The van der Waals surface area contributed by atoms with Gasteiger partial charge in [0.15, 0.2) is 0 Å². The molecule has 0 spiro atoms. The van der Waals surface area contributed by atoms with E-state index in [1.807, 2.05) is 14.1 Å². The van der Waals surface area contributed by atoms with E-state index in [2.05, 4.69) is 41.4 Å². The van der Waals surface area contributed by atoms with Gasteiger partial charge in [-0.25, -0.2) is 0 Å². The van der Waals surface area contributed by atoms with Crippen LogP contribution < -0.4 is 5.32 Å². The van der Waals surface area contributed by atoms with Gasteiger partial charge in [0.25, 0.3) is 0 Å². The quantitative estimate of drug-likeness (QED) is 0.721. The molecule has 1 aromatic carbocycles. The first-order valence-electron chi connectivity index (χ1n) is 7.16. The molecule has 0 amide bonds. The van der Waals surface area contributed by atoms with Gasteiger partial charge in [0.05, 0.1) is 12.7 Å². The zero-order valence-corrected chi connectivity index (χ0v) is 13.1. The Labute approximate surface area is 122 Å². The molecule has 2 N–H and O–H groups in total. The van der Waals surface area contributed by atoms with Crippen LogP contribution in [0.1, 0.15) is 23.6 Å². The maximum atomic E-state index is 9.71. The second kappa shape index (κ2) is 9.08. The minimum absolute atomic E-state index is 0.345. The van der Waals surface area contributed by atoms with Crippen LogP contribution >= 0.6 is 0 Å². The summed E-state index contributed by atoms with van der Waals surface area (Å²) in [6, 6.07) is 8.99. The largest absolute Gasteiger partial charge is 0.389 e. The van der Waals surface area contributed by atoms with Crippen molar-refractivity contribution < 1.29 is 9.84 Å². The van der Waals surface area contributed by atoms with Gasteiger partial charge in [0.1, 0.15) is 0 Å². The molecule has 0 heterocycles. The highest BCUT2D eigenvalue weighted by atomic mass is 16.5. The fourth-order valence-corrected chi connectivity index (χ4v) is 2.32. The Morgan fingerprint density at radius 1 is 1.30 bits per heavy atom. The fourth-order valence-electron chi connectivity index (χ4n) is 2.32. The highest BCUT2D eigenvalue weighted by molar-refractivity contribution is 5.24. The van der Waals surface area contributed by atoms with Crippen molar-refractivity contribution in [3.8, 4) is 0 Å². The van der Waals surface area contributed by atoms with Gasteiger partial charge in [-0.3, -0.25) is 0 Å². The van der Waals surface area contributed by atoms with Crippen LogP contribution in [0.2, 0.25) is 0 Å². The first-order chi connectivity index (χ1) is 9.56. The maximum Gasteiger partial charge on any atom is 0.0899 e. The summed E-state index contributed by atoms with van der Waals surface area (Å²) in [6.45, 7) is 4.05. The molecule has 4 heteroatoms. The molecule has 1 rings (SSSR count). The van der Waals surface area contributed by atoms with Gasteiger partial charge < -0.3 is 20.1 Å². The van der Waals surface area contributed by atoms with Crippen molar-refractivity contribution in [1.29, 1.82) is 0 Å². The lowest BCUT2D eigenvalue weighted by Gasteiger charge is -2.23. The summed E-state index contributed by atoms with van der Waals surface area (Å²) in [5, 5.41) is 13.1. The number of hydrogen-bond acceptors (Lipinski definition) is 4. The molecule has 0 saturated carbocycles. The maximum absolute atomic E-state index is 9.71. The number of aliphatic hydroxyl groups is 1. The molecule has 2 unspecified atom stereocenters. The average Bonchev–Trinajstić information content (AvgIpc) is 2.41. The minimum atomic E-state index is -0.419. The molecule has 0 bridgehead atoms. The molecule has 0 aliphatic rings. The normalized spacial score (nSPS) is 14.5. The Morgan fingerprint density at radius 2 is 1.95 bits per heavy atom. The van der Waals surface area contributed by atoms with E-state index in [4.69, 9.17) is 4.74 Å². The molecule has 4 nitrogen and oxygen atoms in total. The van der Waals surface area contributed by atoms with E-state index in [9.17, 15) is 5.11 Å². The van der Waals surface area contributed by atoms with Crippen molar-refractivity contribution in [2.24, 2.45) is 0 Å². The van der Waals surface area contributed by atoms with Crippen LogP contribution in [-0.4, -0.2) is 57.0 Å². The summed E-state index contributed by atoms with van der Waals surface area (Å²) in [6.07, 6.45) is 0.591. The molecular weight excluding hydrogens is 252 g/mol. The second-order valence-electron chi connectivity index (χ2n) is 5.41. The molecule has 0 aromatic heterocycles. The highest BCUT2D eigenvalue weighted by Crippen LogP contribution is 2.17. The predicted molar refractivity (Wildman–Crippen MR) is 83.0 cm³/mol. The lowest BCUT2D eigenvalue weighted by molar-refractivity contribution is 0.0426. The number of rotatable bonds is 9. The second-order valence-corrected chi connectivity index (χ2v) is 5.41. The zero-order chi connectivity index (χ0) is 15.0. The summed E-state index contributed by atoms with van der Waals surface area (Å²) in [5.74, 6) is 0. The van der Waals surface area contributed by atoms with E-state index in [-0.39, 0.29) is 0 Å². The molecule has 0 radical (unpaired) electrons. The molecule has 20 heavy (non-hydrogen) atoms. The van der Waals surface area contributed by atoms with Gasteiger partial charge in [-0.2, -0.15) is 0 Å². The van der Waals surface area contributed by atoms with E-state index in [0.717, 1.165) is 13.0 Å². The van der Waals surface area contributed by atoms with E-state index < -0.39 is 6.10 Å². The fraction of sp³-hybridized carbons (Fsp3) is 0.625. The number of nitrogens with zero attached hydrogens (tertiary/aromatic N) is 1. The summed E-state index contributed by atoms with van der Waals surface area (Å²) < 4.78 is 4.94. The number of methoxy groups -OCH3 is 1. The minimum Gasteiger partial charge on any atom is -0.389 e. The summed E-state index contributed by atoms with van der Waals surface area (Å²) in [4.78, 5) is 2.14. The number of ether oxygens (including phenoxy) is 1. The average molecular weight is 280 g/mol. The third-order valence-corrected chi connectivity index (χ3v) is 3.51. The van der Waals surface area contributed by atoms with Crippen molar-refractivity contribution in [3.63, 3.8) is 0 Å². The number of aliphatic hydroxyl groups excluding tert-OH is 1. The van der Waals surface area contributed by atoms with Crippen molar-refractivity contribution >= 4 is 0 Å². The van der Waals surface area contributed by atoms with E-state index >= 15 is 0 Å². The van der Waals surface area contributed by atoms with Crippen molar-refractivity contribution in [2.75, 3.05) is 40.9 Å². The van der Waals surface area contributed by atoms with Gasteiger partial charge in [-0.1, -0.05) is 29.8 Å². The SMILES string of the molecule is CNC(CCN(C)CC(O)COC)c1ccc(C)cc1. The molecule has 0 aliphatic carbocycles. The summed E-state index contributed by atoms with van der Waals surface area (Å²) in [7, 11) is 5.63. The van der Waals surface area contributed by atoms with Crippen molar-refractivity contribution in [1.82, 2.24) is 10.2 Å². The van der Waals surface area contributed by atoms with Crippen LogP contribution in [0.5, 0.6) is 0 Å². The number of hydrogen-bond donors (Lipinski definition) is 2. The lowest BCUT2D eigenvalue weighted by atomic mass is 10.0. The Balaban J connectivity index is 2.43. The van der Waals surface area contributed by atoms with Gasteiger partial charge >= 0.3 is 0 Å².